The number of hydrogen-bond acceptors (Lipinski definition) is 4. The molecule has 6 nitrogen and oxygen atoms in total. The molecule has 1 aromatic carbocycles. The Balaban J connectivity index is 2.31. The first kappa shape index (κ1) is 20.3. The third-order valence-corrected chi connectivity index (χ3v) is 5.47. The zero-order valence-corrected chi connectivity index (χ0v) is 17.4. The van der Waals surface area contributed by atoms with Gasteiger partial charge in [0, 0.05) is 27.4 Å². The number of hydrogen-bond donors (Lipinski definition) is 2. The molecule has 0 saturated carbocycles. The zero-order valence-electron chi connectivity index (χ0n) is 15.8. The lowest BCUT2D eigenvalue weighted by Crippen LogP contribution is -3.06. The maximum atomic E-state index is 13.4. The maximum absolute atomic E-state index is 13.4. The summed E-state index contributed by atoms with van der Waals surface area (Å²) in [6.45, 7) is 3.14. The minimum atomic E-state index is -0.791. The number of quaternary nitrogens is 1. The van der Waals surface area contributed by atoms with Gasteiger partial charge in [0.25, 0.3) is 5.56 Å². The number of rotatable bonds is 4. The molecule has 0 amide bonds. The first-order valence-electron chi connectivity index (χ1n) is 8.81. The van der Waals surface area contributed by atoms with Crippen molar-refractivity contribution >= 4 is 23.2 Å². The van der Waals surface area contributed by atoms with E-state index >= 15 is 0 Å². The summed E-state index contributed by atoms with van der Waals surface area (Å²) in [4.78, 5) is 14.7. The predicted octanol–water partition coefficient (Wildman–Crippen LogP) is 1.83. The molecule has 0 fully saturated rings. The SMILES string of the molecule is Cc1cc2c(c(=O)n1CC[NH+](C)C)[C@H](c1c(Cl)cccc1Cl)C(C#N)=C(N)O2. The first-order valence-corrected chi connectivity index (χ1v) is 9.56. The van der Waals surface area contributed by atoms with E-state index in [-0.39, 0.29) is 17.0 Å². The molecule has 1 aliphatic rings. The van der Waals surface area contributed by atoms with Gasteiger partial charge < -0.3 is 19.9 Å². The lowest BCUT2D eigenvalue weighted by molar-refractivity contribution is -0.858. The highest BCUT2D eigenvalue weighted by atomic mass is 35.5. The summed E-state index contributed by atoms with van der Waals surface area (Å²) in [5.41, 5.74) is 7.43. The number of pyridine rings is 1. The van der Waals surface area contributed by atoms with E-state index in [0.717, 1.165) is 12.2 Å². The van der Waals surface area contributed by atoms with E-state index in [1.165, 1.54) is 4.90 Å². The molecule has 0 bridgehead atoms. The molecule has 2 aromatic rings. The molecule has 0 spiro atoms. The molecule has 0 aliphatic carbocycles. The molecule has 0 unspecified atom stereocenters. The molecule has 8 heteroatoms. The summed E-state index contributed by atoms with van der Waals surface area (Å²) in [7, 11) is 4.04. The second kappa shape index (κ2) is 7.88. The zero-order chi connectivity index (χ0) is 20.6. The van der Waals surface area contributed by atoms with Crippen molar-refractivity contribution < 1.29 is 9.64 Å². The number of aryl methyl sites for hydroxylation is 1. The monoisotopic (exact) mass is 419 g/mol. The van der Waals surface area contributed by atoms with Crippen molar-refractivity contribution in [2.24, 2.45) is 5.73 Å². The van der Waals surface area contributed by atoms with E-state index < -0.39 is 5.92 Å². The van der Waals surface area contributed by atoms with Gasteiger partial charge in [-0.15, -0.1) is 0 Å². The van der Waals surface area contributed by atoms with E-state index in [0.29, 0.717) is 33.5 Å². The van der Waals surface area contributed by atoms with E-state index in [1.54, 1.807) is 28.8 Å². The molecule has 3 N–H and O–H groups in total. The van der Waals surface area contributed by atoms with E-state index in [2.05, 4.69) is 6.07 Å². The Morgan fingerprint density at radius 2 is 1.93 bits per heavy atom. The van der Waals surface area contributed by atoms with Crippen molar-refractivity contribution in [1.82, 2.24) is 4.57 Å². The van der Waals surface area contributed by atoms with Gasteiger partial charge in [-0.3, -0.25) is 4.79 Å². The Hall–Kier alpha value is -2.46. The van der Waals surface area contributed by atoms with Crippen LogP contribution in [-0.4, -0.2) is 25.2 Å². The van der Waals surface area contributed by atoms with Crippen LogP contribution in [-0.2, 0) is 6.54 Å². The predicted molar refractivity (Wildman–Crippen MR) is 109 cm³/mol. The summed E-state index contributed by atoms with van der Waals surface area (Å²) < 4.78 is 7.32. The number of allylic oxidation sites excluding steroid dienone is 1. The molecule has 0 saturated heterocycles. The van der Waals surface area contributed by atoms with Gasteiger partial charge in [-0.05, 0) is 19.1 Å². The van der Waals surface area contributed by atoms with Crippen molar-refractivity contribution in [3.8, 4) is 11.8 Å². The normalized spacial score (nSPS) is 16.0. The molecule has 1 aliphatic heterocycles. The van der Waals surface area contributed by atoms with Crippen molar-refractivity contribution in [2.75, 3.05) is 20.6 Å². The summed E-state index contributed by atoms with van der Waals surface area (Å²) in [6.07, 6.45) is 0. The Morgan fingerprint density at radius 3 is 2.50 bits per heavy atom. The molecular formula is C20H21Cl2N4O2+. The van der Waals surface area contributed by atoms with E-state index in [1.807, 2.05) is 21.0 Å². The quantitative estimate of drug-likeness (QED) is 0.791. The standard InChI is InChI=1S/C20H20Cl2N4O2/c1-11-9-15-18(20(27)26(11)8-7-25(2)3)16(12(10-23)19(24)28-15)17-13(21)5-4-6-14(17)22/h4-6,9,16H,7-8,24H2,1-3H3/p+1/t16-/m0/s1. The lowest BCUT2D eigenvalue weighted by atomic mass is 9.84. The van der Waals surface area contributed by atoms with Crippen LogP contribution < -0.4 is 20.9 Å². The molecular weight excluding hydrogens is 399 g/mol. The molecule has 3 rings (SSSR count). The topological polar surface area (TPSA) is 85.5 Å². The molecule has 2 heterocycles. The van der Waals surface area contributed by atoms with Gasteiger partial charge in [-0.2, -0.15) is 5.26 Å². The molecule has 146 valence electrons. The van der Waals surface area contributed by atoms with Gasteiger partial charge in [0.05, 0.1) is 38.7 Å². The highest BCUT2D eigenvalue weighted by Crippen LogP contribution is 2.45. The fourth-order valence-electron chi connectivity index (χ4n) is 3.37. The van der Waals surface area contributed by atoms with Gasteiger partial charge >= 0.3 is 0 Å². The highest BCUT2D eigenvalue weighted by Gasteiger charge is 2.36. The molecule has 0 radical (unpaired) electrons. The van der Waals surface area contributed by atoms with Crippen molar-refractivity contribution in [3.05, 3.63) is 72.9 Å². The number of halogens is 2. The van der Waals surface area contributed by atoms with Crippen LogP contribution in [0.1, 0.15) is 22.7 Å². The minimum absolute atomic E-state index is 0.0507. The van der Waals surface area contributed by atoms with Gasteiger partial charge in [-0.25, -0.2) is 0 Å². The minimum Gasteiger partial charge on any atom is -0.440 e. The number of fused-ring (bicyclic) bond motifs is 1. The van der Waals surface area contributed by atoms with E-state index in [9.17, 15) is 10.1 Å². The number of likely N-dealkylation sites (N-methyl/N-ethyl adjacent to an activating group) is 1. The average molecular weight is 420 g/mol. The number of aromatic nitrogens is 1. The summed E-state index contributed by atoms with van der Waals surface area (Å²) in [5, 5.41) is 10.4. The van der Waals surface area contributed by atoms with Crippen molar-refractivity contribution in [1.29, 1.82) is 5.26 Å². The van der Waals surface area contributed by atoms with Gasteiger partial charge in [0.2, 0.25) is 5.88 Å². The second-order valence-electron chi connectivity index (χ2n) is 7.04. The molecule has 1 aromatic heterocycles. The molecule has 28 heavy (non-hydrogen) atoms. The van der Waals surface area contributed by atoms with Gasteiger partial charge in [0.15, 0.2) is 0 Å². The summed E-state index contributed by atoms with van der Waals surface area (Å²) >= 11 is 12.8. The largest absolute Gasteiger partial charge is 0.440 e. The van der Waals surface area contributed by atoms with Crippen molar-refractivity contribution in [2.45, 2.75) is 19.4 Å². The summed E-state index contributed by atoms with van der Waals surface area (Å²) in [6, 6.07) is 8.89. The Labute approximate surface area is 173 Å². The molecule has 1 atom stereocenters. The van der Waals surface area contributed by atoms with Crippen molar-refractivity contribution in [3.63, 3.8) is 0 Å². The van der Waals surface area contributed by atoms with Gasteiger partial charge in [-0.1, -0.05) is 29.3 Å². The first-order chi connectivity index (χ1) is 13.3. The van der Waals surface area contributed by atoms with Crippen LogP contribution in [0.2, 0.25) is 10.0 Å². The highest BCUT2D eigenvalue weighted by molar-refractivity contribution is 6.36. The maximum Gasteiger partial charge on any atom is 0.258 e. The number of nitrogens with two attached hydrogens (primary N) is 1. The van der Waals surface area contributed by atoms with Crippen LogP contribution in [0.5, 0.6) is 5.75 Å². The Morgan fingerprint density at radius 1 is 1.29 bits per heavy atom. The fourth-order valence-corrected chi connectivity index (χ4v) is 3.99. The second-order valence-corrected chi connectivity index (χ2v) is 7.85. The Kier molecular flexibility index (Phi) is 5.71. The summed E-state index contributed by atoms with van der Waals surface area (Å²) in [5.74, 6) is -0.514. The number of nitrogens with zero attached hydrogens (tertiary/aromatic N) is 2. The lowest BCUT2D eigenvalue weighted by Gasteiger charge is -2.28. The van der Waals surface area contributed by atoms with Crippen LogP contribution in [0.25, 0.3) is 0 Å². The van der Waals surface area contributed by atoms with Crippen LogP contribution in [0.4, 0.5) is 0 Å². The smallest absolute Gasteiger partial charge is 0.258 e. The van der Waals surface area contributed by atoms with E-state index in [4.69, 9.17) is 33.7 Å². The third-order valence-electron chi connectivity index (χ3n) is 4.81. The third kappa shape index (κ3) is 3.49. The number of ether oxygens (including phenoxy) is 1. The van der Waals surface area contributed by atoms with Crippen LogP contribution in [0.15, 0.2) is 40.5 Å². The fraction of sp³-hybridized carbons (Fsp3) is 0.300. The Bertz CT molecular complexity index is 1050. The van der Waals surface area contributed by atoms with Gasteiger partial charge in [0.1, 0.15) is 17.4 Å². The van der Waals surface area contributed by atoms with Crippen LogP contribution in [0.3, 0.4) is 0 Å². The van der Waals surface area contributed by atoms with Crippen LogP contribution >= 0.6 is 23.2 Å². The van der Waals surface area contributed by atoms with Crippen LogP contribution in [0, 0.1) is 18.3 Å². The average Bonchev–Trinajstić information content (AvgIpc) is 2.60. The number of nitrogens with one attached hydrogen (secondary N) is 1. The number of nitriles is 1. The number of benzene rings is 1.